The first kappa shape index (κ1) is 7.14. The fraction of sp³-hybridized carbons (Fsp3) is 0.818. The fourth-order valence-electron chi connectivity index (χ4n) is 3.94. The number of nitrogens with two attached hydrogens (primary N) is 1. The van der Waals surface area contributed by atoms with Gasteiger partial charge in [0.2, 0.25) is 0 Å². The van der Waals surface area contributed by atoms with Crippen molar-refractivity contribution in [2.45, 2.75) is 37.6 Å². The van der Waals surface area contributed by atoms with Crippen LogP contribution in [0.1, 0.15) is 32.1 Å². The van der Waals surface area contributed by atoms with Crippen molar-refractivity contribution in [2.75, 3.05) is 0 Å². The highest BCUT2D eigenvalue weighted by Gasteiger charge is 2.50. The molecule has 0 spiro atoms. The van der Waals surface area contributed by atoms with E-state index in [9.17, 15) is 0 Å². The second-order valence-corrected chi connectivity index (χ2v) is 5.28. The monoisotopic (exact) mass is 163 g/mol. The largest absolute Gasteiger partial charge is 0.325 e. The molecule has 12 heavy (non-hydrogen) atoms. The van der Waals surface area contributed by atoms with E-state index in [0.717, 1.165) is 17.8 Å². The van der Waals surface area contributed by atoms with Gasteiger partial charge >= 0.3 is 0 Å². The van der Waals surface area contributed by atoms with Crippen LogP contribution in [0.5, 0.6) is 0 Å². The van der Waals surface area contributed by atoms with E-state index in [2.05, 4.69) is 6.58 Å². The minimum absolute atomic E-state index is 0.220. The van der Waals surface area contributed by atoms with E-state index in [1.807, 2.05) is 0 Å². The summed E-state index contributed by atoms with van der Waals surface area (Å²) < 4.78 is 0. The Labute approximate surface area is 74.0 Å². The van der Waals surface area contributed by atoms with Gasteiger partial charge in [-0.05, 0) is 49.9 Å². The van der Waals surface area contributed by atoms with Gasteiger partial charge in [0, 0.05) is 5.54 Å². The lowest BCUT2D eigenvalue weighted by Gasteiger charge is -2.56. The summed E-state index contributed by atoms with van der Waals surface area (Å²) in [4.78, 5) is 0. The maximum Gasteiger partial charge on any atom is 0.0168 e. The molecule has 4 saturated carbocycles. The summed E-state index contributed by atoms with van der Waals surface area (Å²) >= 11 is 0. The first-order valence-corrected chi connectivity index (χ1v) is 5.14. The van der Waals surface area contributed by atoms with Crippen LogP contribution in [0.2, 0.25) is 0 Å². The molecule has 4 rings (SSSR count). The number of rotatable bonds is 0. The Morgan fingerprint density at radius 2 is 1.75 bits per heavy atom. The SMILES string of the molecule is C=C1C2CC3CC1CC(N)(C3)C2. The van der Waals surface area contributed by atoms with Gasteiger partial charge < -0.3 is 5.73 Å². The summed E-state index contributed by atoms with van der Waals surface area (Å²) in [5.74, 6) is 2.53. The van der Waals surface area contributed by atoms with Gasteiger partial charge in [0.15, 0.2) is 0 Å². The maximum atomic E-state index is 6.34. The lowest BCUT2D eigenvalue weighted by Crippen LogP contribution is -2.56. The van der Waals surface area contributed by atoms with Crippen LogP contribution in [0, 0.1) is 17.8 Å². The summed E-state index contributed by atoms with van der Waals surface area (Å²) in [5, 5.41) is 0. The smallest absolute Gasteiger partial charge is 0.0168 e. The zero-order chi connectivity index (χ0) is 8.34. The quantitative estimate of drug-likeness (QED) is 0.544. The highest BCUT2D eigenvalue weighted by atomic mass is 14.8. The van der Waals surface area contributed by atoms with Crippen molar-refractivity contribution in [1.82, 2.24) is 0 Å². The molecule has 4 aliphatic rings. The Bertz CT molecular complexity index is 225. The zero-order valence-corrected chi connectivity index (χ0v) is 7.55. The predicted molar refractivity (Wildman–Crippen MR) is 49.6 cm³/mol. The number of hydrogen-bond acceptors (Lipinski definition) is 1. The highest BCUT2D eigenvalue weighted by molar-refractivity contribution is 5.21. The van der Waals surface area contributed by atoms with Crippen LogP contribution in [0.4, 0.5) is 0 Å². The van der Waals surface area contributed by atoms with Crippen LogP contribution in [0.25, 0.3) is 0 Å². The Hall–Kier alpha value is -0.300. The van der Waals surface area contributed by atoms with Crippen molar-refractivity contribution in [3.63, 3.8) is 0 Å². The molecule has 0 amide bonds. The molecule has 4 aliphatic carbocycles. The molecular formula is C11H17N. The number of hydrogen-bond donors (Lipinski definition) is 1. The Morgan fingerprint density at radius 1 is 1.17 bits per heavy atom. The summed E-state index contributed by atoms with van der Waals surface area (Å²) in [6.07, 6.45) is 6.56. The van der Waals surface area contributed by atoms with Gasteiger partial charge in [-0.2, -0.15) is 0 Å². The Morgan fingerprint density at radius 3 is 2.25 bits per heavy atom. The van der Waals surface area contributed by atoms with Crippen molar-refractivity contribution in [1.29, 1.82) is 0 Å². The molecule has 4 bridgehead atoms. The average Bonchev–Trinajstić information content (AvgIpc) is 1.96. The lowest BCUT2D eigenvalue weighted by atomic mass is 9.52. The molecule has 0 aromatic carbocycles. The molecule has 2 atom stereocenters. The molecule has 2 N–H and O–H groups in total. The second-order valence-electron chi connectivity index (χ2n) is 5.28. The zero-order valence-electron chi connectivity index (χ0n) is 7.55. The van der Waals surface area contributed by atoms with Gasteiger partial charge in [-0.3, -0.25) is 0 Å². The van der Waals surface area contributed by atoms with E-state index in [0.29, 0.717) is 0 Å². The third kappa shape index (κ3) is 0.779. The van der Waals surface area contributed by atoms with Crippen LogP contribution < -0.4 is 5.73 Å². The topological polar surface area (TPSA) is 26.0 Å². The van der Waals surface area contributed by atoms with E-state index in [1.165, 1.54) is 37.7 Å². The molecule has 0 heterocycles. The summed E-state index contributed by atoms with van der Waals surface area (Å²) in [6.45, 7) is 4.23. The number of allylic oxidation sites excluding steroid dienone is 1. The lowest BCUT2D eigenvalue weighted by molar-refractivity contribution is 0.0465. The van der Waals surface area contributed by atoms with Crippen LogP contribution in [-0.4, -0.2) is 5.54 Å². The third-order valence-electron chi connectivity index (χ3n) is 4.29. The molecule has 66 valence electrons. The van der Waals surface area contributed by atoms with Gasteiger partial charge in [0.1, 0.15) is 0 Å². The Balaban J connectivity index is 2.00. The molecule has 0 saturated heterocycles. The first-order chi connectivity index (χ1) is 5.66. The van der Waals surface area contributed by atoms with E-state index >= 15 is 0 Å². The van der Waals surface area contributed by atoms with Crippen LogP contribution >= 0.6 is 0 Å². The van der Waals surface area contributed by atoms with Crippen molar-refractivity contribution in [3.8, 4) is 0 Å². The van der Waals surface area contributed by atoms with Crippen molar-refractivity contribution in [2.24, 2.45) is 23.5 Å². The second kappa shape index (κ2) is 1.95. The highest BCUT2D eigenvalue weighted by Crippen LogP contribution is 2.56. The molecular weight excluding hydrogens is 146 g/mol. The minimum atomic E-state index is 0.220. The van der Waals surface area contributed by atoms with Crippen LogP contribution in [-0.2, 0) is 0 Å². The molecule has 4 fully saturated rings. The molecule has 0 aromatic rings. The molecule has 1 heteroatoms. The van der Waals surface area contributed by atoms with Crippen LogP contribution in [0.15, 0.2) is 12.2 Å². The predicted octanol–water partition coefficient (Wildman–Crippen LogP) is 2.08. The van der Waals surface area contributed by atoms with Crippen molar-refractivity contribution < 1.29 is 0 Å². The van der Waals surface area contributed by atoms with E-state index in [1.54, 1.807) is 0 Å². The molecule has 2 unspecified atom stereocenters. The summed E-state index contributed by atoms with van der Waals surface area (Å²) in [7, 11) is 0. The maximum absolute atomic E-state index is 6.34. The molecule has 1 nitrogen and oxygen atoms in total. The van der Waals surface area contributed by atoms with E-state index < -0.39 is 0 Å². The molecule has 0 aliphatic heterocycles. The molecule has 0 aromatic heterocycles. The third-order valence-corrected chi connectivity index (χ3v) is 4.29. The molecule has 0 radical (unpaired) electrons. The fourth-order valence-corrected chi connectivity index (χ4v) is 3.94. The van der Waals surface area contributed by atoms with Crippen molar-refractivity contribution >= 4 is 0 Å². The van der Waals surface area contributed by atoms with Gasteiger partial charge in [0.05, 0.1) is 0 Å². The van der Waals surface area contributed by atoms with E-state index in [-0.39, 0.29) is 5.54 Å². The van der Waals surface area contributed by atoms with Crippen LogP contribution in [0.3, 0.4) is 0 Å². The van der Waals surface area contributed by atoms with Gasteiger partial charge in [0.25, 0.3) is 0 Å². The van der Waals surface area contributed by atoms with Gasteiger partial charge in [-0.15, -0.1) is 0 Å². The standard InChI is InChI=1S/C11H17N/c1-7-9-2-8-3-10(7)6-11(12,4-8)5-9/h8-10H,1-6,12H2. The summed E-state index contributed by atoms with van der Waals surface area (Å²) in [5.41, 5.74) is 8.10. The Kier molecular flexibility index (Phi) is 1.16. The minimum Gasteiger partial charge on any atom is -0.325 e. The van der Waals surface area contributed by atoms with Crippen molar-refractivity contribution in [3.05, 3.63) is 12.2 Å². The van der Waals surface area contributed by atoms with E-state index in [4.69, 9.17) is 5.73 Å². The van der Waals surface area contributed by atoms with Gasteiger partial charge in [-0.1, -0.05) is 12.2 Å². The van der Waals surface area contributed by atoms with Gasteiger partial charge in [-0.25, -0.2) is 0 Å². The average molecular weight is 163 g/mol. The first-order valence-electron chi connectivity index (χ1n) is 5.14. The normalized spacial score (nSPS) is 56.4. The summed E-state index contributed by atoms with van der Waals surface area (Å²) in [6, 6.07) is 0.